The molecule has 0 aromatic carbocycles. The molecule has 1 aromatic rings. The third-order valence-electron chi connectivity index (χ3n) is 4.18. The van der Waals surface area contributed by atoms with Crippen LogP contribution in [0.15, 0.2) is 17.5 Å². The Morgan fingerprint density at radius 2 is 2.06 bits per heavy atom. The highest BCUT2D eigenvalue weighted by Crippen LogP contribution is 2.27. The molecule has 2 heteroatoms. The molecule has 2 rings (SSSR count). The van der Waals surface area contributed by atoms with Crippen molar-refractivity contribution in [1.82, 2.24) is 5.32 Å². The Bertz CT molecular complexity index is 299. The van der Waals surface area contributed by atoms with Gasteiger partial charge in [0, 0.05) is 4.88 Å². The summed E-state index contributed by atoms with van der Waals surface area (Å²) in [5.41, 5.74) is 0. The SMILES string of the molecule is CC1CCC(CNCCCCc2cccs2)CC1. The molecule has 1 N–H and O–H groups in total. The minimum Gasteiger partial charge on any atom is -0.316 e. The van der Waals surface area contributed by atoms with Gasteiger partial charge in [0.05, 0.1) is 0 Å². The monoisotopic (exact) mass is 265 g/mol. The van der Waals surface area contributed by atoms with E-state index in [1.807, 2.05) is 11.3 Å². The number of rotatable bonds is 7. The molecule has 0 spiro atoms. The second-order valence-corrected chi connectivity index (χ2v) is 6.90. The van der Waals surface area contributed by atoms with E-state index in [-0.39, 0.29) is 0 Å². The first-order valence-corrected chi connectivity index (χ1v) is 8.45. The van der Waals surface area contributed by atoms with Gasteiger partial charge in [-0.3, -0.25) is 0 Å². The molecule has 1 aliphatic carbocycles. The summed E-state index contributed by atoms with van der Waals surface area (Å²) in [6.45, 7) is 4.86. The van der Waals surface area contributed by atoms with Crippen molar-refractivity contribution in [3.05, 3.63) is 22.4 Å². The van der Waals surface area contributed by atoms with Crippen LogP contribution in [0.2, 0.25) is 0 Å². The molecule has 1 nitrogen and oxygen atoms in total. The topological polar surface area (TPSA) is 12.0 Å². The van der Waals surface area contributed by atoms with Crippen LogP contribution >= 0.6 is 11.3 Å². The standard InChI is InChI=1S/C16H27NS/c1-14-7-9-15(10-8-14)13-17-11-3-2-5-16-6-4-12-18-16/h4,6,12,14-15,17H,2-3,5,7-11,13H2,1H3. The Kier molecular flexibility index (Phi) is 6.22. The second-order valence-electron chi connectivity index (χ2n) is 5.87. The van der Waals surface area contributed by atoms with Gasteiger partial charge in [0.2, 0.25) is 0 Å². The van der Waals surface area contributed by atoms with Gasteiger partial charge in [0.15, 0.2) is 0 Å². The molecule has 0 aliphatic heterocycles. The first-order chi connectivity index (χ1) is 8.84. The van der Waals surface area contributed by atoms with Gasteiger partial charge in [0.1, 0.15) is 0 Å². The van der Waals surface area contributed by atoms with Gasteiger partial charge in [-0.1, -0.05) is 25.8 Å². The fraction of sp³-hybridized carbons (Fsp3) is 0.750. The van der Waals surface area contributed by atoms with Crippen molar-refractivity contribution >= 4 is 11.3 Å². The molecule has 1 aliphatic rings. The van der Waals surface area contributed by atoms with Crippen molar-refractivity contribution in [3.8, 4) is 0 Å². The minimum absolute atomic E-state index is 0.957. The molecule has 18 heavy (non-hydrogen) atoms. The number of hydrogen-bond donors (Lipinski definition) is 1. The molecular weight excluding hydrogens is 238 g/mol. The van der Waals surface area contributed by atoms with E-state index >= 15 is 0 Å². The van der Waals surface area contributed by atoms with E-state index in [2.05, 4.69) is 29.8 Å². The van der Waals surface area contributed by atoms with E-state index in [0.29, 0.717) is 0 Å². The van der Waals surface area contributed by atoms with Crippen molar-refractivity contribution in [3.63, 3.8) is 0 Å². The van der Waals surface area contributed by atoms with Gasteiger partial charge in [0.25, 0.3) is 0 Å². The normalized spacial score (nSPS) is 24.3. The van der Waals surface area contributed by atoms with Gasteiger partial charge < -0.3 is 5.32 Å². The van der Waals surface area contributed by atoms with Crippen molar-refractivity contribution in [2.45, 2.75) is 51.9 Å². The number of unbranched alkanes of at least 4 members (excludes halogenated alkanes) is 1. The van der Waals surface area contributed by atoms with Crippen LogP contribution in [0.25, 0.3) is 0 Å². The third-order valence-corrected chi connectivity index (χ3v) is 5.11. The van der Waals surface area contributed by atoms with Crippen LogP contribution in [0.5, 0.6) is 0 Å². The summed E-state index contributed by atoms with van der Waals surface area (Å²) in [6, 6.07) is 4.41. The number of aryl methyl sites for hydroxylation is 1. The summed E-state index contributed by atoms with van der Waals surface area (Å²) in [6.07, 6.45) is 9.71. The van der Waals surface area contributed by atoms with Crippen LogP contribution in [-0.4, -0.2) is 13.1 Å². The molecule has 102 valence electrons. The number of hydrogen-bond acceptors (Lipinski definition) is 2. The molecule has 0 bridgehead atoms. The Morgan fingerprint density at radius 3 is 2.78 bits per heavy atom. The quantitative estimate of drug-likeness (QED) is 0.716. The van der Waals surface area contributed by atoms with E-state index < -0.39 is 0 Å². The maximum atomic E-state index is 3.65. The molecule has 1 heterocycles. The third kappa shape index (κ3) is 5.11. The minimum atomic E-state index is 0.957. The van der Waals surface area contributed by atoms with Crippen LogP contribution in [-0.2, 0) is 6.42 Å². The summed E-state index contributed by atoms with van der Waals surface area (Å²) in [5.74, 6) is 1.94. The molecule has 0 unspecified atom stereocenters. The number of thiophene rings is 1. The lowest BCUT2D eigenvalue weighted by atomic mass is 9.83. The average Bonchev–Trinajstić information content (AvgIpc) is 2.89. The highest BCUT2D eigenvalue weighted by Gasteiger charge is 2.17. The maximum Gasteiger partial charge on any atom is 0.00452 e. The molecule has 0 saturated heterocycles. The van der Waals surface area contributed by atoms with Crippen LogP contribution in [0.1, 0.15) is 50.3 Å². The first kappa shape index (κ1) is 14.1. The van der Waals surface area contributed by atoms with Crippen LogP contribution in [0.3, 0.4) is 0 Å². The van der Waals surface area contributed by atoms with Gasteiger partial charge >= 0.3 is 0 Å². The zero-order chi connectivity index (χ0) is 12.6. The Hall–Kier alpha value is -0.340. The van der Waals surface area contributed by atoms with Crippen LogP contribution in [0.4, 0.5) is 0 Å². The average molecular weight is 265 g/mol. The Morgan fingerprint density at radius 1 is 1.22 bits per heavy atom. The largest absolute Gasteiger partial charge is 0.316 e. The zero-order valence-corrected chi connectivity index (χ0v) is 12.5. The fourth-order valence-electron chi connectivity index (χ4n) is 2.84. The molecule has 1 fully saturated rings. The lowest BCUT2D eigenvalue weighted by Gasteiger charge is -2.26. The van der Waals surface area contributed by atoms with Gasteiger partial charge in [-0.2, -0.15) is 0 Å². The van der Waals surface area contributed by atoms with E-state index in [1.165, 1.54) is 62.9 Å². The van der Waals surface area contributed by atoms with Crippen LogP contribution < -0.4 is 5.32 Å². The molecule has 1 saturated carbocycles. The summed E-state index contributed by atoms with van der Waals surface area (Å²) in [4.78, 5) is 1.54. The van der Waals surface area contributed by atoms with Gasteiger partial charge in [-0.15, -0.1) is 11.3 Å². The van der Waals surface area contributed by atoms with Crippen molar-refractivity contribution < 1.29 is 0 Å². The smallest absolute Gasteiger partial charge is 0.00452 e. The van der Waals surface area contributed by atoms with Gasteiger partial charge in [-0.25, -0.2) is 0 Å². The highest BCUT2D eigenvalue weighted by atomic mass is 32.1. The summed E-state index contributed by atoms with van der Waals surface area (Å²) in [5, 5.41) is 5.83. The number of nitrogens with one attached hydrogen (secondary N) is 1. The highest BCUT2D eigenvalue weighted by molar-refractivity contribution is 7.09. The van der Waals surface area contributed by atoms with E-state index in [0.717, 1.165) is 11.8 Å². The van der Waals surface area contributed by atoms with E-state index in [9.17, 15) is 0 Å². The van der Waals surface area contributed by atoms with E-state index in [4.69, 9.17) is 0 Å². The van der Waals surface area contributed by atoms with Crippen molar-refractivity contribution in [2.75, 3.05) is 13.1 Å². The summed E-state index contributed by atoms with van der Waals surface area (Å²) >= 11 is 1.89. The predicted octanol–water partition coefficient (Wildman–Crippen LogP) is 4.49. The molecule has 0 radical (unpaired) electrons. The summed E-state index contributed by atoms with van der Waals surface area (Å²) < 4.78 is 0. The molecule has 0 atom stereocenters. The van der Waals surface area contributed by atoms with Crippen molar-refractivity contribution in [1.29, 1.82) is 0 Å². The molecular formula is C16H27NS. The summed E-state index contributed by atoms with van der Waals surface area (Å²) in [7, 11) is 0. The maximum absolute atomic E-state index is 3.65. The molecule has 0 amide bonds. The Labute approximate surface area is 116 Å². The molecule has 1 aromatic heterocycles. The van der Waals surface area contributed by atoms with Crippen LogP contribution in [0, 0.1) is 11.8 Å². The Balaban J connectivity index is 1.44. The lowest BCUT2D eigenvalue weighted by Crippen LogP contribution is -2.26. The fourth-order valence-corrected chi connectivity index (χ4v) is 3.59. The zero-order valence-electron chi connectivity index (χ0n) is 11.7. The predicted molar refractivity (Wildman–Crippen MR) is 81.2 cm³/mol. The van der Waals surface area contributed by atoms with E-state index in [1.54, 1.807) is 0 Å². The first-order valence-electron chi connectivity index (χ1n) is 7.57. The lowest BCUT2D eigenvalue weighted by molar-refractivity contribution is 0.281. The van der Waals surface area contributed by atoms with Gasteiger partial charge in [-0.05, 0) is 68.5 Å². The van der Waals surface area contributed by atoms with Crippen molar-refractivity contribution in [2.24, 2.45) is 11.8 Å². The second kappa shape index (κ2) is 7.96.